The fourth-order valence-corrected chi connectivity index (χ4v) is 4.58. The molecule has 2 N–H and O–H groups in total. The molecule has 204 valence electrons. The predicted octanol–water partition coefficient (Wildman–Crippen LogP) is 7.18. The second-order valence-corrected chi connectivity index (χ2v) is 9.41. The number of urea groups is 1. The van der Waals surface area contributed by atoms with Crippen molar-refractivity contribution in [2.45, 2.75) is 25.4 Å². The first-order chi connectivity index (χ1) is 19.3. The first-order valence-corrected chi connectivity index (χ1v) is 12.8. The predicted molar refractivity (Wildman–Crippen MR) is 149 cm³/mol. The Labute approximate surface area is 228 Å². The Balaban J connectivity index is 1.33. The van der Waals surface area contributed by atoms with Crippen molar-refractivity contribution >= 4 is 46.0 Å². The third kappa shape index (κ3) is 6.45. The van der Waals surface area contributed by atoms with Crippen LogP contribution < -0.4 is 15.5 Å². The highest BCUT2D eigenvalue weighted by atomic mass is 19.4. The van der Waals surface area contributed by atoms with E-state index in [2.05, 4.69) is 25.5 Å². The molecule has 1 fully saturated rings. The summed E-state index contributed by atoms with van der Waals surface area (Å²) in [4.78, 5) is 35.6. The lowest BCUT2D eigenvalue weighted by molar-refractivity contribution is -0.137. The first kappa shape index (κ1) is 26.9. The number of amides is 2. The van der Waals surface area contributed by atoms with Crippen LogP contribution in [-0.2, 0) is 6.18 Å². The quantitative estimate of drug-likeness (QED) is 0.198. The number of hydrogen-bond acceptors (Lipinski definition) is 5. The molecular weight excluding hydrogens is 519 g/mol. The van der Waals surface area contributed by atoms with E-state index < -0.39 is 17.8 Å². The molecule has 0 aliphatic carbocycles. The van der Waals surface area contributed by atoms with Crippen molar-refractivity contribution in [2.75, 3.05) is 28.6 Å². The van der Waals surface area contributed by atoms with Crippen LogP contribution in [0.15, 0.2) is 79.0 Å². The molecule has 0 atom stereocenters. The van der Waals surface area contributed by atoms with Crippen molar-refractivity contribution in [2.24, 2.45) is 0 Å². The number of fused-ring (bicyclic) bond motifs is 1. The van der Waals surface area contributed by atoms with Gasteiger partial charge in [0.2, 0.25) is 0 Å². The van der Waals surface area contributed by atoms with Gasteiger partial charge in [0, 0.05) is 41.6 Å². The average Bonchev–Trinajstić information content (AvgIpc) is 2.96. The van der Waals surface area contributed by atoms with Gasteiger partial charge in [-0.25, -0.2) is 14.8 Å². The summed E-state index contributed by atoms with van der Waals surface area (Å²) in [6.45, 7) is 1.50. The van der Waals surface area contributed by atoms with Crippen molar-refractivity contribution < 1.29 is 22.8 Å². The molecule has 0 spiro atoms. The van der Waals surface area contributed by atoms with Crippen LogP contribution in [-0.4, -0.2) is 34.9 Å². The number of benzene rings is 2. The van der Waals surface area contributed by atoms with Crippen LogP contribution in [0.4, 0.5) is 35.2 Å². The first-order valence-electron chi connectivity index (χ1n) is 12.8. The summed E-state index contributed by atoms with van der Waals surface area (Å²) < 4.78 is 40.2. The number of pyridine rings is 2. The monoisotopic (exact) mass is 545 g/mol. The second kappa shape index (κ2) is 11.6. The summed E-state index contributed by atoms with van der Waals surface area (Å²) in [6.07, 6.45) is 3.07. The minimum Gasteiger partial charge on any atom is -0.371 e. The van der Waals surface area contributed by atoms with Gasteiger partial charge in [0.15, 0.2) is 5.78 Å². The van der Waals surface area contributed by atoms with Crippen LogP contribution in [0.1, 0.15) is 40.9 Å². The van der Waals surface area contributed by atoms with Gasteiger partial charge >= 0.3 is 12.2 Å². The van der Waals surface area contributed by atoms with Gasteiger partial charge in [-0.1, -0.05) is 6.07 Å². The lowest BCUT2D eigenvalue weighted by Gasteiger charge is -2.30. The van der Waals surface area contributed by atoms with Gasteiger partial charge in [-0.2, -0.15) is 13.2 Å². The van der Waals surface area contributed by atoms with E-state index in [-0.39, 0.29) is 5.78 Å². The minimum atomic E-state index is -4.45. The Morgan fingerprint density at radius 3 is 2.38 bits per heavy atom. The van der Waals surface area contributed by atoms with Crippen LogP contribution >= 0.6 is 0 Å². The molecule has 5 rings (SSSR count). The zero-order valence-corrected chi connectivity index (χ0v) is 21.4. The number of piperidine rings is 1. The van der Waals surface area contributed by atoms with E-state index in [0.717, 1.165) is 44.5 Å². The zero-order chi connectivity index (χ0) is 28.1. The Morgan fingerprint density at radius 1 is 0.900 bits per heavy atom. The number of aromatic nitrogens is 2. The van der Waals surface area contributed by atoms with E-state index in [1.165, 1.54) is 12.1 Å². The van der Waals surface area contributed by atoms with Gasteiger partial charge in [-0.15, -0.1) is 0 Å². The Hall–Kier alpha value is -4.73. The highest BCUT2D eigenvalue weighted by Crippen LogP contribution is 2.35. The normalized spacial score (nSPS) is 13.9. The molecule has 2 amide bonds. The fourth-order valence-electron chi connectivity index (χ4n) is 4.58. The largest absolute Gasteiger partial charge is 0.416 e. The smallest absolute Gasteiger partial charge is 0.371 e. The summed E-state index contributed by atoms with van der Waals surface area (Å²) >= 11 is 0. The topological polar surface area (TPSA) is 87.2 Å². The number of anilines is 3. The number of hydrogen-bond donors (Lipinski definition) is 2. The molecule has 0 unspecified atom stereocenters. The summed E-state index contributed by atoms with van der Waals surface area (Å²) in [5, 5.41) is 5.73. The van der Waals surface area contributed by atoms with Gasteiger partial charge in [0.1, 0.15) is 5.82 Å². The van der Waals surface area contributed by atoms with E-state index in [1.54, 1.807) is 60.8 Å². The summed E-state index contributed by atoms with van der Waals surface area (Å²) in [6, 6.07) is 16.4. The number of ketones is 1. The molecule has 3 heterocycles. The SMILES string of the molecule is O=C(Nc1ccc(C(=O)C=Cc2cc(N3CCCCC3)c3cc(C(F)(F)F)ccc3n2)cc1)Nc1ccccn1. The molecule has 0 bridgehead atoms. The summed E-state index contributed by atoms with van der Waals surface area (Å²) in [5.41, 5.74) is 1.77. The van der Waals surface area contributed by atoms with Crippen molar-refractivity contribution in [3.8, 4) is 0 Å². The molecule has 40 heavy (non-hydrogen) atoms. The molecule has 1 aliphatic heterocycles. The Bertz CT molecular complexity index is 1550. The molecule has 4 aromatic rings. The molecular formula is C30H26F3N5O2. The fraction of sp³-hybridized carbons (Fsp3) is 0.200. The number of nitrogens with zero attached hydrogens (tertiary/aromatic N) is 3. The molecule has 2 aromatic carbocycles. The van der Waals surface area contributed by atoms with Crippen LogP contribution in [0, 0.1) is 0 Å². The number of nitrogens with one attached hydrogen (secondary N) is 2. The lowest BCUT2D eigenvalue weighted by Crippen LogP contribution is -2.29. The van der Waals surface area contributed by atoms with E-state index in [9.17, 15) is 22.8 Å². The van der Waals surface area contributed by atoms with Crippen LogP contribution in [0.3, 0.4) is 0 Å². The Kier molecular flexibility index (Phi) is 7.77. The van der Waals surface area contributed by atoms with Gasteiger partial charge < -0.3 is 10.2 Å². The molecule has 1 aliphatic rings. The number of halogens is 3. The highest BCUT2D eigenvalue weighted by molar-refractivity contribution is 6.07. The van der Waals surface area contributed by atoms with Crippen molar-refractivity contribution in [1.29, 1.82) is 0 Å². The number of carbonyl (C=O) groups excluding carboxylic acids is 2. The van der Waals surface area contributed by atoms with Crippen LogP contribution in [0.5, 0.6) is 0 Å². The minimum absolute atomic E-state index is 0.279. The number of rotatable bonds is 6. The summed E-state index contributed by atoms with van der Waals surface area (Å²) in [7, 11) is 0. The molecule has 10 heteroatoms. The van der Waals surface area contributed by atoms with Gasteiger partial charge in [0.25, 0.3) is 0 Å². The number of alkyl halides is 3. The zero-order valence-electron chi connectivity index (χ0n) is 21.4. The average molecular weight is 546 g/mol. The molecule has 0 radical (unpaired) electrons. The second-order valence-electron chi connectivity index (χ2n) is 9.41. The molecule has 1 saturated heterocycles. The van der Waals surface area contributed by atoms with E-state index in [0.29, 0.717) is 39.4 Å². The maximum atomic E-state index is 13.4. The number of carbonyl (C=O) groups is 2. The lowest BCUT2D eigenvalue weighted by atomic mass is 10.0. The highest BCUT2D eigenvalue weighted by Gasteiger charge is 2.31. The summed E-state index contributed by atoms with van der Waals surface area (Å²) in [5.74, 6) is 0.127. The Morgan fingerprint density at radius 2 is 1.68 bits per heavy atom. The van der Waals surface area contributed by atoms with Crippen molar-refractivity contribution in [1.82, 2.24) is 9.97 Å². The van der Waals surface area contributed by atoms with Gasteiger partial charge in [-0.3, -0.25) is 10.1 Å². The van der Waals surface area contributed by atoms with Crippen LogP contribution in [0.2, 0.25) is 0 Å². The van der Waals surface area contributed by atoms with Crippen LogP contribution in [0.25, 0.3) is 17.0 Å². The number of allylic oxidation sites excluding steroid dienone is 1. The third-order valence-corrected chi connectivity index (χ3v) is 6.57. The molecule has 7 nitrogen and oxygen atoms in total. The van der Waals surface area contributed by atoms with E-state index in [4.69, 9.17) is 0 Å². The van der Waals surface area contributed by atoms with Crippen molar-refractivity contribution in [3.63, 3.8) is 0 Å². The van der Waals surface area contributed by atoms with Gasteiger partial charge in [0.05, 0.1) is 16.8 Å². The van der Waals surface area contributed by atoms with Gasteiger partial charge in [-0.05, 0) is 92.1 Å². The maximum Gasteiger partial charge on any atom is 0.416 e. The van der Waals surface area contributed by atoms with E-state index >= 15 is 0 Å². The third-order valence-electron chi connectivity index (χ3n) is 6.57. The van der Waals surface area contributed by atoms with Crippen molar-refractivity contribution in [3.05, 3.63) is 95.8 Å². The maximum absolute atomic E-state index is 13.4. The standard InChI is InChI=1S/C30H26F3N5O2/c31-30(32,33)21-9-13-25-24(18-21)26(38-16-4-1-5-17-38)19-23(35-25)12-14-27(39)20-7-10-22(11-8-20)36-29(40)37-28-6-2-3-15-34-28/h2-3,6-15,18-19H,1,4-5,16-17H2,(H2,34,36,37,40). The van der Waals surface area contributed by atoms with E-state index in [1.807, 2.05) is 0 Å². The molecule has 2 aromatic heterocycles. The molecule has 0 saturated carbocycles.